The molecule has 0 atom stereocenters. The van der Waals surface area contributed by atoms with Gasteiger partial charge in [-0.15, -0.1) is 12.6 Å². The molecule has 0 radical (unpaired) electrons. The molecule has 16 heavy (non-hydrogen) atoms. The van der Waals surface area contributed by atoms with Crippen molar-refractivity contribution in [3.8, 4) is 5.75 Å². The van der Waals surface area contributed by atoms with Crippen molar-refractivity contribution in [2.45, 2.75) is 31.1 Å². The maximum Gasteiger partial charge on any atom is 0.339 e. The fourth-order valence-electron chi connectivity index (χ4n) is 1.56. The summed E-state index contributed by atoms with van der Waals surface area (Å²) in [6.45, 7) is 2.11. The SMILES string of the molecule is CCCCc1ccc(C(=O)O)c(OC)c1S. The van der Waals surface area contributed by atoms with Crippen LogP contribution in [0, 0.1) is 0 Å². The molecule has 1 N–H and O–H groups in total. The molecular formula is C12H16O3S. The number of aryl methyl sites for hydroxylation is 1. The summed E-state index contributed by atoms with van der Waals surface area (Å²) in [6.07, 6.45) is 3.05. The van der Waals surface area contributed by atoms with Crippen LogP contribution >= 0.6 is 12.6 Å². The second-order valence-corrected chi connectivity index (χ2v) is 4.01. The van der Waals surface area contributed by atoms with Crippen LogP contribution in [0.2, 0.25) is 0 Å². The number of unbranched alkanes of at least 4 members (excludes halogenated alkanes) is 1. The summed E-state index contributed by atoms with van der Waals surface area (Å²) < 4.78 is 5.10. The molecule has 0 spiro atoms. The van der Waals surface area contributed by atoms with Gasteiger partial charge in [0.25, 0.3) is 0 Å². The third kappa shape index (κ3) is 2.70. The van der Waals surface area contributed by atoms with Crippen LogP contribution in [0.15, 0.2) is 17.0 Å². The van der Waals surface area contributed by atoms with E-state index in [1.165, 1.54) is 7.11 Å². The lowest BCUT2D eigenvalue weighted by molar-refractivity contribution is 0.0693. The Hall–Kier alpha value is -1.16. The van der Waals surface area contributed by atoms with Crippen molar-refractivity contribution in [2.24, 2.45) is 0 Å². The maximum absolute atomic E-state index is 10.9. The maximum atomic E-state index is 10.9. The van der Waals surface area contributed by atoms with Crippen LogP contribution in [0.25, 0.3) is 0 Å². The molecule has 0 aromatic heterocycles. The van der Waals surface area contributed by atoms with Crippen molar-refractivity contribution in [3.63, 3.8) is 0 Å². The van der Waals surface area contributed by atoms with Crippen LogP contribution in [-0.4, -0.2) is 18.2 Å². The highest BCUT2D eigenvalue weighted by atomic mass is 32.1. The average molecular weight is 240 g/mol. The van der Waals surface area contributed by atoms with Gasteiger partial charge in [0.15, 0.2) is 0 Å². The number of ether oxygens (including phenoxy) is 1. The number of hydrogen-bond donors (Lipinski definition) is 2. The second-order valence-electron chi connectivity index (χ2n) is 3.56. The average Bonchev–Trinajstić information content (AvgIpc) is 2.26. The van der Waals surface area contributed by atoms with Gasteiger partial charge < -0.3 is 9.84 Å². The third-order valence-corrected chi connectivity index (χ3v) is 2.94. The van der Waals surface area contributed by atoms with E-state index in [4.69, 9.17) is 9.84 Å². The molecule has 0 bridgehead atoms. The number of carbonyl (C=O) groups is 1. The van der Waals surface area contributed by atoms with Gasteiger partial charge in [-0.1, -0.05) is 19.4 Å². The van der Waals surface area contributed by atoms with E-state index in [0.717, 1.165) is 24.8 Å². The Morgan fingerprint density at radius 2 is 2.19 bits per heavy atom. The van der Waals surface area contributed by atoms with E-state index in [1.807, 2.05) is 6.07 Å². The minimum absolute atomic E-state index is 0.160. The topological polar surface area (TPSA) is 46.5 Å². The summed E-state index contributed by atoms with van der Waals surface area (Å²) in [5, 5.41) is 8.97. The number of rotatable bonds is 5. The van der Waals surface area contributed by atoms with Crippen molar-refractivity contribution in [2.75, 3.05) is 7.11 Å². The zero-order valence-corrected chi connectivity index (χ0v) is 10.4. The molecule has 88 valence electrons. The Kier molecular flexibility index (Phi) is 4.68. The molecule has 0 aliphatic rings. The fourth-order valence-corrected chi connectivity index (χ4v) is 1.95. The van der Waals surface area contributed by atoms with Crippen molar-refractivity contribution >= 4 is 18.6 Å². The fraction of sp³-hybridized carbons (Fsp3) is 0.417. The highest BCUT2D eigenvalue weighted by molar-refractivity contribution is 7.80. The second kappa shape index (κ2) is 5.80. The molecule has 4 heteroatoms. The molecular weight excluding hydrogens is 224 g/mol. The van der Waals surface area contributed by atoms with Gasteiger partial charge in [-0.05, 0) is 24.5 Å². The molecule has 0 amide bonds. The normalized spacial score (nSPS) is 10.2. The Morgan fingerprint density at radius 3 is 2.69 bits per heavy atom. The molecule has 1 aromatic carbocycles. The first-order chi connectivity index (χ1) is 7.61. The highest BCUT2D eigenvalue weighted by Gasteiger charge is 2.15. The van der Waals surface area contributed by atoms with Gasteiger partial charge >= 0.3 is 5.97 Å². The standard InChI is InChI=1S/C12H16O3S/c1-3-4-5-8-6-7-9(12(13)14)10(15-2)11(8)16/h6-7,16H,3-5H2,1-2H3,(H,13,14). The summed E-state index contributed by atoms with van der Waals surface area (Å²) in [5.41, 5.74) is 1.19. The van der Waals surface area contributed by atoms with E-state index in [-0.39, 0.29) is 5.56 Å². The van der Waals surface area contributed by atoms with Crippen molar-refractivity contribution in [3.05, 3.63) is 23.3 Å². The first kappa shape index (κ1) is 12.9. The summed E-state index contributed by atoms with van der Waals surface area (Å²) in [5.74, 6) is -0.640. The molecule has 0 heterocycles. The predicted molar refractivity (Wildman–Crippen MR) is 65.8 cm³/mol. The summed E-state index contributed by atoms with van der Waals surface area (Å²) in [7, 11) is 1.46. The van der Waals surface area contributed by atoms with Crippen LogP contribution in [0.4, 0.5) is 0 Å². The van der Waals surface area contributed by atoms with E-state index in [1.54, 1.807) is 6.07 Å². The Balaban J connectivity index is 3.12. The quantitative estimate of drug-likeness (QED) is 0.778. The highest BCUT2D eigenvalue weighted by Crippen LogP contribution is 2.31. The number of methoxy groups -OCH3 is 1. The number of aromatic carboxylic acids is 1. The lowest BCUT2D eigenvalue weighted by Gasteiger charge is -2.12. The van der Waals surface area contributed by atoms with Crippen LogP contribution in [0.1, 0.15) is 35.7 Å². The predicted octanol–water partition coefficient (Wildman–Crippen LogP) is 3.02. The monoisotopic (exact) mass is 240 g/mol. The van der Waals surface area contributed by atoms with E-state index >= 15 is 0 Å². The first-order valence-electron chi connectivity index (χ1n) is 5.24. The van der Waals surface area contributed by atoms with Gasteiger partial charge in [0.2, 0.25) is 0 Å². The lowest BCUT2D eigenvalue weighted by Crippen LogP contribution is -2.03. The third-order valence-electron chi connectivity index (χ3n) is 2.45. The van der Waals surface area contributed by atoms with Gasteiger partial charge in [0, 0.05) is 0 Å². The largest absolute Gasteiger partial charge is 0.495 e. The van der Waals surface area contributed by atoms with Gasteiger partial charge in [0.05, 0.1) is 12.0 Å². The number of carboxylic acids is 1. The van der Waals surface area contributed by atoms with E-state index < -0.39 is 5.97 Å². The van der Waals surface area contributed by atoms with Gasteiger partial charge in [0.1, 0.15) is 11.3 Å². The minimum Gasteiger partial charge on any atom is -0.495 e. The number of benzene rings is 1. The molecule has 0 aliphatic heterocycles. The molecule has 3 nitrogen and oxygen atoms in total. The minimum atomic E-state index is -0.991. The molecule has 0 fully saturated rings. The molecule has 0 aliphatic carbocycles. The van der Waals surface area contributed by atoms with Crippen molar-refractivity contribution < 1.29 is 14.6 Å². The zero-order valence-electron chi connectivity index (χ0n) is 9.49. The van der Waals surface area contributed by atoms with Gasteiger partial charge in [-0.25, -0.2) is 4.79 Å². The molecule has 0 saturated heterocycles. The molecule has 0 unspecified atom stereocenters. The lowest BCUT2D eigenvalue weighted by atomic mass is 10.0. The summed E-state index contributed by atoms with van der Waals surface area (Å²) in [6, 6.07) is 3.38. The molecule has 0 saturated carbocycles. The number of carboxylic acid groups (broad SMARTS) is 1. The van der Waals surface area contributed by atoms with Crippen LogP contribution in [-0.2, 0) is 6.42 Å². The van der Waals surface area contributed by atoms with Crippen molar-refractivity contribution in [1.29, 1.82) is 0 Å². The van der Waals surface area contributed by atoms with E-state index in [9.17, 15) is 4.79 Å². The van der Waals surface area contributed by atoms with Gasteiger partial charge in [-0.3, -0.25) is 0 Å². The molecule has 1 rings (SSSR count). The summed E-state index contributed by atoms with van der Waals surface area (Å²) >= 11 is 4.34. The van der Waals surface area contributed by atoms with Crippen LogP contribution in [0.5, 0.6) is 5.75 Å². The Bertz CT molecular complexity index is 388. The molecule has 1 aromatic rings. The van der Waals surface area contributed by atoms with Gasteiger partial charge in [-0.2, -0.15) is 0 Å². The smallest absolute Gasteiger partial charge is 0.339 e. The van der Waals surface area contributed by atoms with Crippen LogP contribution in [0.3, 0.4) is 0 Å². The van der Waals surface area contributed by atoms with Crippen molar-refractivity contribution in [1.82, 2.24) is 0 Å². The Labute approximate surface area is 101 Å². The van der Waals surface area contributed by atoms with Crippen LogP contribution < -0.4 is 4.74 Å². The zero-order chi connectivity index (χ0) is 12.1. The number of hydrogen-bond acceptors (Lipinski definition) is 3. The van der Waals surface area contributed by atoms with E-state index in [2.05, 4.69) is 19.6 Å². The number of thiol groups is 1. The first-order valence-corrected chi connectivity index (χ1v) is 5.68. The Morgan fingerprint density at radius 1 is 1.50 bits per heavy atom. The summed E-state index contributed by atoms with van der Waals surface area (Å²) in [4.78, 5) is 11.6. The van der Waals surface area contributed by atoms with E-state index in [0.29, 0.717) is 10.6 Å².